The number of hydrogen-bond acceptors (Lipinski definition) is 5. The number of hydrogen-bond donors (Lipinski definition) is 0. The van der Waals surface area contributed by atoms with Crippen molar-refractivity contribution in [3.8, 4) is 0 Å². The molecule has 0 atom stereocenters. The van der Waals surface area contributed by atoms with Gasteiger partial charge in [-0.3, -0.25) is 10.1 Å². The van der Waals surface area contributed by atoms with Crippen LogP contribution in [0.1, 0.15) is 11.1 Å². The number of non-ortho nitro benzene ring substituents is 1. The molecule has 120 valence electrons. The number of halogens is 2. The van der Waals surface area contributed by atoms with Gasteiger partial charge in [-0.15, -0.1) is 0 Å². The van der Waals surface area contributed by atoms with Crippen LogP contribution in [0.5, 0.6) is 0 Å². The number of cyclic esters (lactones) is 1. The lowest BCUT2D eigenvalue weighted by molar-refractivity contribution is -0.384. The van der Waals surface area contributed by atoms with E-state index in [1.165, 1.54) is 24.3 Å². The number of esters is 1. The molecule has 0 saturated heterocycles. The van der Waals surface area contributed by atoms with Crippen LogP contribution in [-0.2, 0) is 9.53 Å². The van der Waals surface area contributed by atoms with Gasteiger partial charge in [0.2, 0.25) is 5.90 Å². The molecule has 1 heterocycles. The first kappa shape index (κ1) is 16.2. The van der Waals surface area contributed by atoms with Gasteiger partial charge in [-0.05, 0) is 29.8 Å². The van der Waals surface area contributed by atoms with Crippen molar-refractivity contribution in [2.75, 3.05) is 0 Å². The second-order valence-electron chi connectivity index (χ2n) is 4.81. The summed E-state index contributed by atoms with van der Waals surface area (Å²) in [5.74, 6) is -0.755. The number of nitro groups is 1. The van der Waals surface area contributed by atoms with Crippen LogP contribution in [0.15, 0.2) is 53.2 Å². The lowest BCUT2D eigenvalue weighted by Crippen LogP contribution is -2.06. The molecule has 0 spiro atoms. The maximum atomic E-state index is 12.0. The van der Waals surface area contributed by atoms with Gasteiger partial charge in [0.15, 0.2) is 5.70 Å². The van der Waals surface area contributed by atoms with Gasteiger partial charge in [0, 0.05) is 17.2 Å². The lowest BCUT2D eigenvalue weighted by Gasteiger charge is -2.02. The monoisotopic (exact) mass is 362 g/mol. The average molecular weight is 363 g/mol. The van der Waals surface area contributed by atoms with E-state index in [9.17, 15) is 14.9 Å². The van der Waals surface area contributed by atoms with Crippen LogP contribution in [0, 0.1) is 10.1 Å². The summed E-state index contributed by atoms with van der Waals surface area (Å²) in [5.41, 5.74) is 0.716. The molecule has 0 bridgehead atoms. The van der Waals surface area contributed by atoms with Crippen LogP contribution < -0.4 is 0 Å². The number of nitro benzene ring substituents is 1. The Morgan fingerprint density at radius 3 is 2.67 bits per heavy atom. The summed E-state index contributed by atoms with van der Waals surface area (Å²) in [5, 5.41) is 11.6. The number of nitrogens with zero attached hydrogens (tertiary/aromatic N) is 2. The van der Waals surface area contributed by atoms with Gasteiger partial charge >= 0.3 is 5.97 Å². The minimum atomic E-state index is -0.674. The Morgan fingerprint density at radius 1 is 1.17 bits per heavy atom. The van der Waals surface area contributed by atoms with E-state index >= 15 is 0 Å². The van der Waals surface area contributed by atoms with Crippen LogP contribution in [0.4, 0.5) is 5.69 Å². The summed E-state index contributed by atoms with van der Waals surface area (Å²) < 4.78 is 5.08. The van der Waals surface area contributed by atoms with Gasteiger partial charge in [0.25, 0.3) is 5.69 Å². The Balaban J connectivity index is 2.01. The SMILES string of the molecule is O=C1OC(c2cc([N+](=O)[O-])ccc2Cl)=N/C1=C\c1cccc(Cl)c1. The van der Waals surface area contributed by atoms with Crippen molar-refractivity contribution in [3.63, 3.8) is 0 Å². The van der Waals surface area contributed by atoms with Crippen molar-refractivity contribution in [2.24, 2.45) is 4.99 Å². The zero-order valence-electron chi connectivity index (χ0n) is 11.9. The van der Waals surface area contributed by atoms with Crippen LogP contribution in [0.2, 0.25) is 10.0 Å². The van der Waals surface area contributed by atoms with Crippen LogP contribution >= 0.6 is 23.2 Å². The molecule has 6 nitrogen and oxygen atoms in total. The largest absolute Gasteiger partial charge is 0.402 e. The molecule has 0 fully saturated rings. The molecule has 0 saturated carbocycles. The van der Waals surface area contributed by atoms with Crippen molar-refractivity contribution < 1.29 is 14.5 Å². The molecular weight excluding hydrogens is 355 g/mol. The minimum Gasteiger partial charge on any atom is -0.402 e. The fourth-order valence-corrected chi connectivity index (χ4v) is 2.47. The third kappa shape index (κ3) is 3.29. The van der Waals surface area contributed by atoms with Gasteiger partial charge in [-0.1, -0.05) is 35.3 Å². The van der Waals surface area contributed by atoms with Crippen molar-refractivity contribution in [1.82, 2.24) is 0 Å². The van der Waals surface area contributed by atoms with E-state index in [0.717, 1.165) is 0 Å². The summed E-state index contributed by atoms with van der Waals surface area (Å²) in [6, 6.07) is 10.7. The number of rotatable bonds is 3. The lowest BCUT2D eigenvalue weighted by atomic mass is 10.2. The standard InChI is InChI=1S/C16H8Cl2N2O4/c17-10-3-1-2-9(6-10)7-14-16(21)24-15(19-14)12-8-11(20(22)23)4-5-13(12)18/h1-8H/b14-7-. The highest BCUT2D eigenvalue weighted by Crippen LogP contribution is 2.27. The molecule has 1 aliphatic heterocycles. The molecule has 0 amide bonds. The second kappa shape index (κ2) is 6.43. The maximum absolute atomic E-state index is 12.0. The number of aliphatic imine (C=N–C) groups is 1. The fourth-order valence-electron chi connectivity index (χ4n) is 2.07. The summed E-state index contributed by atoms with van der Waals surface area (Å²) in [4.78, 5) is 26.3. The molecule has 0 aromatic heterocycles. The molecular formula is C16H8Cl2N2O4. The Hall–Kier alpha value is -2.70. The highest BCUT2D eigenvalue weighted by atomic mass is 35.5. The summed E-state index contributed by atoms with van der Waals surface area (Å²) >= 11 is 11.9. The Labute approximate surface area is 146 Å². The molecule has 0 radical (unpaired) electrons. The first-order valence-electron chi connectivity index (χ1n) is 6.66. The van der Waals surface area contributed by atoms with Crippen LogP contribution in [-0.4, -0.2) is 16.8 Å². The van der Waals surface area contributed by atoms with Crippen molar-refractivity contribution in [3.05, 3.63) is 79.4 Å². The fraction of sp³-hybridized carbons (Fsp3) is 0. The Bertz CT molecular complexity index is 922. The molecule has 24 heavy (non-hydrogen) atoms. The van der Waals surface area contributed by atoms with Crippen LogP contribution in [0.25, 0.3) is 6.08 Å². The Morgan fingerprint density at radius 2 is 1.96 bits per heavy atom. The van der Waals surface area contributed by atoms with Gasteiger partial charge in [0.1, 0.15) is 0 Å². The normalized spacial score (nSPS) is 15.3. The molecule has 1 aliphatic rings. The summed E-state index contributed by atoms with van der Waals surface area (Å²) in [7, 11) is 0. The van der Waals surface area contributed by atoms with E-state index in [4.69, 9.17) is 27.9 Å². The van der Waals surface area contributed by atoms with Gasteiger partial charge in [-0.25, -0.2) is 9.79 Å². The molecule has 0 N–H and O–H groups in total. The number of carbonyl (C=O) groups is 1. The quantitative estimate of drug-likeness (QED) is 0.353. The zero-order chi connectivity index (χ0) is 17.3. The molecule has 2 aromatic carbocycles. The van der Waals surface area contributed by atoms with E-state index in [1.54, 1.807) is 24.3 Å². The topological polar surface area (TPSA) is 81.8 Å². The predicted molar refractivity (Wildman–Crippen MR) is 90.2 cm³/mol. The smallest absolute Gasteiger partial charge is 0.363 e. The number of benzene rings is 2. The van der Waals surface area contributed by atoms with E-state index < -0.39 is 10.9 Å². The second-order valence-corrected chi connectivity index (χ2v) is 5.66. The number of carbonyl (C=O) groups excluding carboxylic acids is 1. The van der Waals surface area contributed by atoms with Crippen molar-refractivity contribution in [2.45, 2.75) is 0 Å². The maximum Gasteiger partial charge on any atom is 0.363 e. The first-order chi connectivity index (χ1) is 11.4. The third-order valence-electron chi connectivity index (χ3n) is 3.16. The molecule has 0 unspecified atom stereocenters. The molecule has 2 aromatic rings. The highest BCUT2D eigenvalue weighted by Gasteiger charge is 2.27. The summed E-state index contributed by atoms with van der Waals surface area (Å²) in [6.07, 6.45) is 1.51. The third-order valence-corrected chi connectivity index (χ3v) is 3.73. The number of ether oxygens (including phenoxy) is 1. The van der Waals surface area contributed by atoms with Gasteiger partial charge in [-0.2, -0.15) is 0 Å². The van der Waals surface area contributed by atoms with E-state index in [0.29, 0.717) is 10.6 Å². The summed E-state index contributed by atoms with van der Waals surface area (Å²) in [6.45, 7) is 0. The Kier molecular flexibility index (Phi) is 4.33. The van der Waals surface area contributed by atoms with Crippen molar-refractivity contribution >= 4 is 46.8 Å². The molecule has 8 heteroatoms. The molecule has 3 rings (SSSR count). The van der Waals surface area contributed by atoms with Gasteiger partial charge < -0.3 is 4.74 Å². The first-order valence-corrected chi connectivity index (χ1v) is 7.42. The van der Waals surface area contributed by atoms with E-state index in [2.05, 4.69) is 4.99 Å². The van der Waals surface area contributed by atoms with E-state index in [-0.39, 0.29) is 27.9 Å². The predicted octanol–water partition coefficient (Wildman–Crippen LogP) is 4.25. The molecule has 0 aliphatic carbocycles. The van der Waals surface area contributed by atoms with Gasteiger partial charge in [0.05, 0.1) is 15.5 Å². The van der Waals surface area contributed by atoms with E-state index in [1.807, 2.05) is 0 Å². The van der Waals surface area contributed by atoms with Crippen LogP contribution in [0.3, 0.4) is 0 Å². The average Bonchev–Trinajstić information content (AvgIpc) is 2.88. The zero-order valence-corrected chi connectivity index (χ0v) is 13.4. The van der Waals surface area contributed by atoms with Crippen molar-refractivity contribution in [1.29, 1.82) is 0 Å². The minimum absolute atomic E-state index is 0.0508. The highest BCUT2D eigenvalue weighted by molar-refractivity contribution is 6.34.